The van der Waals surface area contributed by atoms with Crippen LogP contribution in [0.1, 0.15) is 19.0 Å². The van der Waals surface area contributed by atoms with Gasteiger partial charge in [0.2, 0.25) is 0 Å². The normalized spacial score (nSPS) is 10.8. The summed E-state index contributed by atoms with van der Waals surface area (Å²) in [6.45, 7) is 2.34. The van der Waals surface area contributed by atoms with Crippen LogP contribution < -0.4 is 0 Å². The summed E-state index contributed by atoms with van der Waals surface area (Å²) >= 11 is 7.82. The van der Waals surface area contributed by atoms with E-state index < -0.39 is 0 Å². The Kier molecular flexibility index (Phi) is 5.16. The average Bonchev–Trinajstić information content (AvgIpc) is 2.81. The Hall–Kier alpha value is -1.13. The molecule has 1 N–H and O–H groups in total. The lowest BCUT2D eigenvalue weighted by atomic mass is 10.2. The Bertz CT molecular complexity index is 568. The van der Waals surface area contributed by atoms with Crippen molar-refractivity contribution in [2.75, 3.05) is 11.5 Å². The number of carbonyl (C=O) groups is 1. The second-order valence-electron chi connectivity index (χ2n) is 4.10. The molecule has 0 unspecified atom stereocenters. The van der Waals surface area contributed by atoms with E-state index in [-0.39, 0.29) is 12.6 Å². The van der Waals surface area contributed by atoms with Gasteiger partial charge >= 0.3 is 5.97 Å². The van der Waals surface area contributed by atoms with Crippen molar-refractivity contribution >= 4 is 40.2 Å². The Morgan fingerprint density at radius 3 is 3.05 bits per heavy atom. The van der Waals surface area contributed by atoms with Crippen molar-refractivity contribution in [1.82, 2.24) is 4.98 Å². The predicted molar refractivity (Wildman–Crippen MR) is 80.7 cm³/mol. The summed E-state index contributed by atoms with van der Waals surface area (Å²) in [7, 11) is 0. The SMILES string of the molecule is CCSCCC(=O)OCc1cc2c(Cl)cccc2[nH]1. The van der Waals surface area contributed by atoms with Crippen LogP contribution in [-0.4, -0.2) is 22.5 Å². The standard InChI is InChI=1S/C14H16ClNO2S/c1-2-19-7-6-14(17)18-9-10-8-11-12(15)4-3-5-13(11)16-10/h3-5,8,16H,2,6-7,9H2,1H3. The molecule has 2 aromatic rings. The van der Waals surface area contributed by atoms with Gasteiger partial charge in [-0.15, -0.1) is 0 Å². The number of aromatic nitrogens is 1. The average molecular weight is 298 g/mol. The monoisotopic (exact) mass is 297 g/mol. The number of aromatic amines is 1. The molecular formula is C14H16ClNO2S. The molecule has 19 heavy (non-hydrogen) atoms. The topological polar surface area (TPSA) is 42.1 Å². The number of ether oxygens (including phenoxy) is 1. The van der Waals surface area contributed by atoms with Crippen molar-refractivity contribution < 1.29 is 9.53 Å². The first kappa shape index (κ1) is 14.3. The third kappa shape index (κ3) is 3.91. The Labute approximate surface area is 121 Å². The van der Waals surface area contributed by atoms with Crippen LogP contribution in [0.25, 0.3) is 10.9 Å². The fourth-order valence-corrected chi connectivity index (χ4v) is 2.61. The first-order valence-electron chi connectivity index (χ1n) is 6.20. The second kappa shape index (κ2) is 6.87. The van der Waals surface area contributed by atoms with Crippen molar-refractivity contribution in [1.29, 1.82) is 0 Å². The van der Waals surface area contributed by atoms with Crippen LogP contribution in [0, 0.1) is 0 Å². The fourth-order valence-electron chi connectivity index (χ4n) is 1.78. The largest absolute Gasteiger partial charge is 0.459 e. The number of nitrogens with one attached hydrogen (secondary N) is 1. The number of hydrogen-bond donors (Lipinski definition) is 1. The predicted octanol–water partition coefficient (Wildman–Crippen LogP) is 4.01. The summed E-state index contributed by atoms with van der Waals surface area (Å²) in [5.74, 6) is 1.67. The maximum atomic E-state index is 11.5. The van der Waals surface area contributed by atoms with Crippen LogP contribution in [0.5, 0.6) is 0 Å². The maximum absolute atomic E-state index is 11.5. The summed E-state index contributed by atoms with van der Waals surface area (Å²) in [6.07, 6.45) is 0.458. The molecule has 0 aliphatic heterocycles. The molecule has 0 saturated carbocycles. The molecule has 0 aliphatic rings. The van der Waals surface area contributed by atoms with E-state index in [0.29, 0.717) is 11.4 Å². The molecule has 0 aliphatic carbocycles. The van der Waals surface area contributed by atoms with E-state index in [1.807, 2.05) is 24.3 Å². The minimum atomic E-state index is -0.161. The van der Waals surface area contributed by atoms with Gasteiger partial charge in [-0.1, -0.05) is 24.6 Å². The van der Waals surface area contributed by atoms with Gasteiger partial charge in [-0.3, -0.25) is 4.79 Å². The van der Waals surface area contributed by atoms with Crippen molar-refractivity contribution in [2.24, 2.45) is 0 Å². The van der Waals surface area contributed by atoms with Gasteiger partial charge in [-0.25, -0.2) is 0 Å². The van der Waals surface area contributed by atoms with Gasteiger partial charge in [0, 0.05) is 21.7 Å². The lowest BCUT2D eigenvalue weighted by Gasteiger charge is -2.02. The highest BCUT2D eigenvalue weighted by atomic mass is 35.5. The van der Waals surface area contributed by atoms with Gasteiger partial charge in [-0.05, 0) is 24.0 Å². The maximum Gasteiger partial charge on any atom is 0.307 e. The van der Waals surface area contributed by atoms with Crippen LogP contribution in [0.3, 0.4) is 0 Å². The minimum absolute atomic E-state index is 0.161. The molecule has 0 saturated heterocycles. The number of thioether (sulfide) groups is 1. The summed E-state index contributed by atoms with van der Waals surface area (Å²) in [6, 6.07) is 7.60. The lowest BCUT2D eigenvalue weighted by Crippen LogP contribution is -2.05. The summed E-state index contributed by atoms with van der Waals surface area (Å²) < 4.78 is 5.22. The van der Waals surface area contributed by atoms with Crippen LogP contribution in [0.2, 0.25) is 5.02 Å². The number of benzene rings is 1. The van der Waals surface area contributed by atoms with E-state index in [1.54, 1.807) is 11.8 Å². The number of hydrogen-bond acceptors (Lipinski definition) is 3. The third-order valence-electron chi connectivity index (χ3n) is 2.71. The Balaban J connectivity index is 1.91. The quantitative estimate of drug-likeness (QED) is 0.647. The van der Waals surface area contributed by atoms with Crippen LogP contribution in [-0.2, 0) is 16.1 Å². The molecule has 1 aromatic heterocycles. The molecule has 102 valence electrons. The molecular weight excluding hydrogens is 282 g/mol. The van der Waals surface area contributed by atoms with Crippen LogP contribution in [0.4, 0.5) is 0 Å². The van der Waals surface area contributed by atoms with E-state index in [0.717, 1.165) is 28.1 Å². The van der Waals surface area contributed by atoms with Gasteiger partial charge in [0.15, 0.2) is 0 Å². The highest BCUT2D eigenvalue weighted by Gasteiger charge is 2.07. The van der Waals surface area contributed by atoms with Crippen molar-refractivity contribution in [3.8, 4) is 0 Å². The summed E-state index contributed by atoms with van der Waals surface area (Å²) in [5.41, 5.74) is 1.82. The molecule has 2 rings (SSSR count). The first-order chi connectivity index (χ1) is 9.20. The number of H-pyrrole nitrogens is 1. The van der Waals surface area contributed by atoms with Gasteiger partial charge in [0.1, 0.15) is 6.61 Å². The molecule has 3 nitrogen and oxygen atoms in total. The number of carbonyl (C=O) groups excluding carboxylic acids is 1. The molecule has 5 heteroatoms. The van der Waals surface area contributed by atoms with Gasteiger partial charge in [0.25, 0.3) is 0 Å². The molecule has 1 heterocycles. The lowest BCUT2D eigenvalue weighted by molar-refractivity contribution is -0.144. The Morgan fingerprint density at radius 1 is 1.47 bits per heavy atom. The van der Waals surface area contributed by atoms with Gasteiger partial charge in [-0.2, -0.15) is 11.8 Å². The minimum Gasteiger partial charge on any atom is -0.459 e. The highest BCUT2D eigenvalue weighted by Crippen LogP contribution is 2.24. The number of rotatable bonds is 6. The fraction of sp³-hybridized carbons (Fsp3) is 0.357. The molecule has 0 spiro atoms. The van der Waals surface area contributed by atoms with Crippen LogP contribution >= 0.6 is 23.4 Å². The van der Waals surface area contributed by atoms with Crippen LogP contribution in [0.15, 0.2) is 24.3 Å². The van der Waals surface area contributed by atoms with Gasteiger partial charge in [0.05, 0.1) is 12.1 Å². The van der Waals surface area contributed by atoms with Gasteiger partial charge < -0.3 is 9.72 Å². The van der Waals surface area contributed by atoms with E-state index in [2.05, 4.69) is 11.9 Å². The van der Waals surface area contributed by atoms with E-state index in [1.165, 1.54) is 0 Å². The molecule has 0 atom stereocenters. The molecule has 0 amide bonds. The van der Waals surface area contributed by atoms with E-state index >= 15 is 0 Å². The number of esters is 1. The molecule has 0 radical (unpaired) electrons. The van der Waals surface area contributed by atoms with E-state index in [4.69, 9.17) is 16.3 Å². The number of halogens is 1. The molecule has 1 aromatic carbocycles. The Morgan fingerprint density at radius 2 is 2.32 bits per heavy atom. The smallest absolute Gasteiger partial charge is 0.307 e. The van der Waals surface area contributed by atoms with Crippen molar-refractivity contribution in [3.63, 3.8) is 0 Å². The third-order valence-corrected chi connectivity index (χ3v) is 3.94. The zero-order valence-electron chi connectivity index (χ0n) is 10.7. The summed E-state index contributed by atoms with van der Waals surface area (Å²) in [4.78, 5) is 14.7. The van der Waals surface area contributed by atoms with E-state index in [9.17, 15) is 4.79 Å². The summed E-state index contributed by atoms with van der Waals surface area (Å²) in [5, 5.41) is 1.66. The second-order valence-corrected chi connectivity index (χ2v) is 5.90. The number of fused-ring (bicyclic) bond motifs is 1. The first-order valence-corrected chi connectivity index (χ1v) is 7.73. The highest BCUT2D eigenvalue weighted by molar-refractivity contribution is 7.99. The van der Waals surface area contributed by atoms with Crippen molar-refractivity contribution in [2.45, 2.75) is 20.0 Å². The zero-order chi connectivity index (χ0) is 13.7. The molecule has 0 fully saturated rings. The van der Waals surface area contributed by atoms with Crippen molar-refractivity contribution in [3.05, 3.63) is 35.0 Å². The zero-order valence-corrected chi connectivity index (χ0v) is 12.3. The molecule has 0 bridgehead atoms.